The predicted octanol–water partition coefficient (Wildman–Crippen LogP) is 5.55. The van der Waals surface area contributed by atoms with Crippen molar-refractivity contribution in [3.63, 3.8) is 0 Å². The predicted molar refractivity (Wildman–Crippen MR) is 189 cm³/mol. The third-order valence-electron chi connectivity index (χ3n) is 10.0. The number of sulfonamides is 1. The molecule has 2 amide bonds. The lowest BCUT2D eigenvalue weighted by atomic mass is 9.67. The quantitative estimate of drug-likeness (QED) is 0.294. The second-order valence-corrected chi connectivity index (χ2v) is 15.9. The Morgan fingerprint density at radius 1 is 1.25 bits per heavy atom. The standard InChI is InChI=1S/C36H47ClN4O6S/c1-8-16-38-35(4,5)33(42)39-48(44,45)24-13-14-32-30(18-24)41-20-27(25(9-2)31(10-3)47-34(43)40(6)7)26-19-28-23(17-29(26)37)12-11-15-36(28,21-41)22-46-32/h8,10,13-14,17-19,25,27,31,38H,1,3,9,11-12,15-16,20-22H2,2,4-7H3,(H,39,42)/t25-,27+,31+,36+/m1/s1. The van der Waals surface area contributed by atoms with Gasteiger partial charge in [0.15, 0.2) is 0 Å². The van der Waals surface area contributed by atoms with Gasteiger partial charge in [-0.2, -0.15) is 0 Å². The molecule has 5 rings (SSSR count). The van der Waals surface area contributed by atoms with Gasteiger partial charge in [-0.3, -0.25) is 4.79 Å². The van der Waals surface area contributed by atoms with Gasteiger partial charge in [0.1, 0.15) is 11.9 Å². The maximum atomic E-state index is 13.7. The van der Waals surface area contributed by atoms with Gasteiger partial charge >= 0.3 is 6.09 Å². The summed E-state index contributed by atoms with van der Waals surface area (Å²) in [4.78, 5) is 29.3. The normalized spacial score (nSPS) is 21.2. The smallest absolute Gasteiger partial charge is 0.409 e. The molecule has 2 N–H and O–H groups in total. The van der Waals surface area contributed by atoms with Gasteiger partial charge in [0.2, 0.25) is 0 Å². The lowest BCUT2D eigenvalue weighted by Gasteiger charge is -2.45. The summed E-state index contributed by atoms with van der Waals surface area (Å²) in [5.41, 5.74) is 2.45. The average molecular weight is 699 g/mol. The first-order chi connectivity index (χ1) is 22.7. The number of carbonyl (C=O) groups is 2. The van der Waals surface area contributed by atoms with Crippen LogP contribution in [0.5, 0.6) is 5.75 Å². The molecule has 10 nitrogen and oxygen atoms in total. The fourth-order valence-electron chi connectivity index (χ4n) is 7.29. The van der Waals surface area contributed by atoms with Crippen LogP contribution in [0.4, 0.5) is 10.5 Å². The van der Waals surface area contributed by atoms with Gasteiger partial charge in [0, 0.05) is 56.0 Å². The zero-order valence-corrected chi connectivity index (χ0v) is 30.0. The molecule has 2 heterocycles. The highest BCUT2D eigenvalue weighted by molar-refractivity contribution is 7.90. The number of fused-ring (bicyclic) bond motifs is 4. The molecule has 0 saturated heterocycles. The van der Waals surface area contributed by atoms with Crippen molar-refractivity contribution in [2.24, 2.45) is 5.92 Å². The first-order valence-electron chi connectivity index (χ1n) is 16.4. The number of aryl methyl sites for hydroxylation is 1. The molecule has 4 atom stereocenters. The van der Waals surface area contributed by atoms with Gasteiger partial charge in [-0.1, -0.05) is 43.3 Å². The van der Waals surface area contributed by atoms with Crippen LogP contribution in [-0.4, -0.2) is 77.3 Å². The summed E-state index contributed by atoms with van der Waals surface area (Å²) in [6.07, 6.45) is 5.64. The van der Waals surface area contributed by atoms with Crippen molar-refractivity contribution in [1.29, 1.82) is 0 Å². The molecule has 48 heavy (non-hydrogen) atoms. The van der Waals surface area contributed by atoms with E-state index in [2.05, 4.69) is 47.2 Å². The third kappa shape index (κ3) is 6.82. The van der Waals surface area contributed by atoms with Crippen LogP contribution >= 0.6 is 11.6 Å². The Hall–Kier alpha value is -3.54. The molecule has 2 aromatic carbocycles. The molecule has 2 aromatic rings. The van der Waals surface area contributed by atoms with Crippen molar-refractivity contribution in [2.75, 3.05) is 45.2 Å². The largest absolute Gasteiger partial charge is 0.490 e. The molecule has 1 aliphatic carbocycles. The first kappa shape index (κ1) is 35.8. The number of carbonyl (C=O) groups excluding carboxylic acids is 2. The maximum Gasteiger partial charge on any atom is 0.409 e. The van der Waals surface area contributed by atoms with Crippen LogP contribution in [0.15, 0.2) is 60.5 Å². The average Bonchev–Trinajstić information content (AvgIpc) is 3.19. The van der Waals surface area contributed by atoms with Gasteiger partial charge in [-0.15, -0.1) is 6.58 Å². The van der Waals surface area contributed by atoms with Crippen molar-refractivity contribution in [3.05, 3.63) is 77.4 Å². The molecule has 260 valence electrons. The van der Waals surface area contributed by atoms with Gasteiger partial charge in [0.25, 0.3) is 15.9 Å². The Labute approximate surface area is 289 Å². The van der Waals surface area contributed by atoms with Crippen LogP contribution in [0.2, 0.25) is 5.02 Å². The van der Waals surface area contributed by atoms with E-state index in [4.69, 9.17) is 21.1 Å². The highest BCUT2D eigenvalue weighted by Crippen LogP contribution is 2.50. The van der Waals surface area contributed by atoms with Gasteiger partial charge in [0.05, 0.1) is 22.7 Å². The van der Waals surface area contributed by atoms with Gasteiger partial charge in [-0.25, -0.2) is 17.9 Å². The molecule has 2 aliphatic heterocycles. The number of nitrogens with zero attached hydrogens (tertiary/aromatic N) is 2. The topological polar surface area (TPSA) is 117 Å². The Kier molecular flexibility index (Phi) is 10.3. The summed E-state index contributed by atoms with van der Waals surface area (Å²) < 4.78 is 42.0. The zero-order chi connectivity index (χ0) is 35.0. The number of hydrogen-bond donors (Lipinski definition) is 2. The molecule has 0 radical (unpaired) electrons. The van der Waals surface area contributed by atoms with Crippen molar-refractivity contribution in [3.8, 4) is 5.75 Å². The maximum absolute atomic E-state index is 13.7. The number of hydrogen-bond acceptors (Lipinski definition) is 8. The second kappa shape index (κ2) is 13.8. The molecule has 0 unspecified atom stereocenters. The van der Waals surface area contributed by atoms with Crippen LogP contribution in [0.25, 0.3) is 0 Å². The number of rotatable bonds is 11. The minimum atomic E-state index is -4.25. The number of benzene rings is 2. The number of anilines is 1. The van der Waals surface area contributed by atoms with Crippen LogP contribution in [0.1, 0.15) is 62.6 Å². The fourth-order valence-corrected chi connectivity index (χ4v) is 8.74. The molecular formula is C36H47ClN4O6S. The van der Waals surface area contributed by atoms with Crippen LogP contribution in [-0.2, 0) is 31.4 Å². The minimum absolute atomic E-state index is 0.0518. The van der Waals surface area contributed by atoms with Gasteiger partial charge < -0.3 is 24.6 Å². The summed E-state index contributed by atoms with van der Waals surface area (Å²) in [5, 5.41) is 3.64. The molecule has 0 fully saturated rings. The van der Waals surface area contributed by atoms with Gasteiger partial charge in [-0.05, 0) is 80.5 Å². The third-order valence-corrected chi connectivity index (χ3v) is 11.7. The summed E-state index contributed by atoms with van der Waals surface area (Å²) in [6, 6.07) is 9.06. The van der Waals surface area contributed by atoms with E-state index in [9.17, 15) is 18.0 Å². The van der Waals surface area contributed by atoms with E-state index >= 15 is 0 Å². The van der Waals surface area contributed by atoms with Crippen molar-refractivity contribution in [1.82, 2.24) is 14.9 Å². The zero-order valence-electron chi connectivity index (χ0n) is 28.5. The lowest BCUT2D eigenvalue weighted by molar-refractivity contribution is -0.124. The van der Waals surface area contributed by atoms with E-state index in [-0.39, 0.29) is 22.1 Å². The number of nitrogens with one attached hydrogen (secondary N) is 2. The minimum Gasteiger partial charge on any atom is -0.490 e. The summed E-state index contributed by atoms with van der Waals surface area (Å²) in [7, 11) is -0.968. The molecule has 0 saturated carbocycles. The highest BCUT2D eigenvalue weighted by Gasteiger charge is 2.46. The van der Waals surface area contributed by atoms with E-state index in [0.717, 1.165) is 24.8 Å². The van der Waals surface area contributed by atoms with Crippen LogP contribution < -0.4 is 19.7 Å². The van der Waals surface area contributed by atoms with Crippen molar-refractivity contribution < 1.29 is 27.5 Å². The molecule has 3 aliphatic rings. The Morgan fingerprint density at radius 3 is 2.67 bits per heavy atom. The Morgan fingerprint density at radius 2 is 2.00 bits per heavy atom. The van der Waals surface area contributed by atoms with E-state index < -0.39 is 33.7 Å². The van der Waals surface area contributed by atoms with Crippen LogP contribution in [0.3, 0.4) is 0 Å². The Balaban J connectivity index is 1.60. The van der Waals surface area contributed by atoms with Crippen molar-refractivity contribution in [2.45, 2.75) is 74.3 Å². The summed E-state index contributed by atoms with van der Waals surface area (Å²) in [6.45, 7) is 14.7. The SMILES string of the molecule is C=CCNC(C)(C)C(=O)NS(=O)(=O)c1ccc2c(c1)N1C[C@@H]([C@@H](CC)[C@H](C=C)OC(=O)N(C)C)c3cc4c(cc3Cl)CCC[C@@]4(CO2)C1. The van der Waals surface area contributed by atoms with E-state index in [1.54, 1.807) is 52.2 Å². The molecule has 1 spiro atoms. The molecule has 4 bridgehead atoms. The monoisotopic (exact) mass is 698 g/mol. The summed E-state index contributed by atoms with van der Waals surface area (Å²) >= 11 is 7.09. The highest BCUT2D eigenvalue weighted by atomic mass is 35.5. The first-order valence-corrected chi connectivity index (χ1v) is 18.3. The van der Waals surface area contributed by atoms with E-state index in [1.165, 1.54) is 22.1 Å². The Bertz CT molecular complexity index is 1710. The number of amides is 2. The summed E-state index contributed by atoms with van der Waals surface area (Å²) in [5.74, 6) is -0.530. The fraction of sp³-hybridized carbons (Fsp3) is 0.500. The van der Waals surface area contributed by atoms with E-state index in [0.29, 0.717) is 49.1 Å². The lowest BCUT2D eigenvalue weighted by Crippen LogP contribution is -2.53. The molecule has 12 heteroatoms. The number of halogens is 1. The molecule has 0 aromatic heterocycles. The second-order valence-electron chi connectivity index (χ2n) is 13.8. The van der Waals surface area contributed by atoms with Crippen molar-refractivity contribution >= 4 is 39.3 Å². The molecular weight excluding hydrogens is 652 g/mol. The van der Waals surface area contributed by atoms with E-state index in [1.807, 2.05) is 0 Å². The number of ether oxygens (including phenoxy) is 2. The van der Waals surface area contributed by atoms with Crippen LogP contribution in [0, 0.1) is 5.92 Å².